The highest BCUT2D eigenvalue weighted by atomic mass is 32.2. The van der Waals surface area contributed by atoms with E-state index in [1.807, 2.05) is 47.0 Å². The molecule has 0 aliphatic rings. The quantitative estimate of drug-likeness (QED) is 0.401. The fraction of sp³-hybridized carbons (Fsp3) is 0.200. The first-order valence-corrected chi connectivity index (χ1v) is 11.5. The number of hydrogen-bond donors (Lipinski definition) is 1. The lowest BCUT2D eigenvalue weighted by Crippen LogP contribution is -2.29. The first kappa shape index (κ1) is 21.8. The number of aromatic nitrogens is 4. The lowest BCUT2D eigenvalue weighted by atomic mass is 10.0. The number of carbonyl (C=O) groups excluding carboxylic acids is 1. The largest absolute Gasteiger partial charge is 0.355 e. The van der Waals surface area contributed by atoms with Crippen molar-refractivity contribution in [1.29, 1.82) is 0 Å². The molecular weight excluding hydrogens is 418 g/mol. The van der Waals surface area contributed by atoms with Crippen molar-refractivity contribution in [3.63, 3.8) is 0 Å². The van der Waals surface area contributed by atoms with Crippen LogP contribution in [0.4, 0.5) is 0 Å². The van der Waals surface area contributed by atoms with Crippen molar-refractivity contribution in [3.05, 3.63) is 90.3 Å². The minimum atomic E-state index is -0.0262. The van der Waals surface area contributed by atoms with Gasteiger partial charge in [-0.2, -0.15) is 0 Å². The molecule has 0 saturated carbocycles. The Morgan fingerprint density at radius 3 is 2.44 bits per heavy atom. The van der Waals surface area contributed by atoms with E-state index in [0.29, 0.717) is 11.7 Å². The molecule has 1 atom stereocenters. The Balaban J connectivity index is 1.48. The topological polar surface area (TPSA) is 72.7 Å². The fourth-order valence-electron chi connectivity index (χ4n) is 3.33. The van der Waals surface area contributed by atoms with Crippen LogP contribution in [0.15, 0.2) is 84.3 Å². The van der Waals surface area contributed by atoms with Crippen LogP contribution in [0.5, 0.6) is 0 Å². The van der Waals surface area contributed by atoms with E-state index in [1.165, 1.54) is 22.9 Å². The molecule has 0 bridgehead atoms. The number of nitrogens with one attached hydrogen (secondary N) is 1. The van der Waals surface area contributed by atoms with E-state index in [4.69, 9.17) is 0 Å². The van der Waals surface area contributed by atoms with Crippen LogP contribution in [0.3, 0.4) is 0 Å². The fourth-order valence-corrected chi connectivity index (χ4v) is 4.11. The number of rotatable bonds is 8. The van der Waals surface area contributed by atoms with Crippen molar-refractivity contribution in [2.75, 3.05) is 12.3 Å². The lowest BCUT2D eigenvalue weighted by Gasteiger charge is -2.13. The number of benzene rings is 2. The van der Waals surface area contributed by atoms with Gasteiger partial charge in [0.05, 0.1) is 5.75 Å². The molecule has 2 heterocycles. The molecule has 0 aliphatic heterocycles. The third-order valence-corrected chi connectivity index (χ3v) is 6.10. The van der Waals surface area contributed by atoms with Gasteiger partial charge in [-0.1, -0.05) is 66.7 Å². The first-order valence-electron chi connectivity index (χ1n) is 10.5. The molecule has 0 saturated heterocycles. The summed E-state index contributed by atoms with van der Waals surface area (Å²) < 4.78 is 1.99. The van der Waals surface area contributed by atoms with Crippen LogP contribution in [-0.4, -0.2) is 38.0 Å². The maximum atomic E-state index is 12.5. The van der Waals surface area contributed by atoms with E-state index >= 15 is 0 Å². The van der Waals surface area contributed by atoms with Gasteiger partial charge in [0, 0.05) is 30.2 Å². The SMILES string of the molecule is Cc1ccc(-n2c(SCC(=O)NC[C@H](C)c3ccccc3)nnc2-c2ccncc2)cc1. The van der Waals surface area contributed by atoms with E-state index in [1.54, 1.807) is 12.4 Å². The van der Waals surface area contributed by atoms with E-state index in [9.17, 15) is 4.79 Å². The van der Waals surface area contributed by atoms with Gasteiger partial charge in [0.15, 0.2) is 11.0 Å². The maximum Gasteiger partial charge on any atom is 0.230 e. The third kappa shape index (κ3) is 5.23. The summed E-state index contributed by atoms with van der Waals surface area (Å²) in [6.45, 7) is 4.75. The highest BCUT2D eigenvalue weighted by Gasteiger charge is 2.17. The van der Waals surface area contributed by atoms with Crippen molar-refractivity contribution >= 4 is 17.7 Å². The Morgan fingerprint density at radius 1 is 1.00 bits per heavy atom. The average Bonchev–Trinajstić information content (AvgIpc) is 3.27. The van der Waals surface area contributed by atoms with E-state index in [0.717, 1.165) is 17.1 Å². The summed E-state index contributed by atoms with van der Waals surface area (Å²) in [4.78, 5) is 16.6. The van der Waals surface area contributed by atoms with Crippen molar-refractivity contribution in [2.45, 2.75) is 24.9 Å². The van der Waals surface area contributed by atoms with Gasteiger partial charge in [0.1, 0.15) is 0 Å². The van der Waals surface area contributed by atoms with Crippen LogP contribution in [0, 0.1) is 6.92 Å². The minimum absolute atomic E-state index is 0.0262. The third-order valence-electron chi connectivity index (χ3n) is 5.17. The summed E-state index contributed by atoms with van der Waals surface area (Å²) in [5.74, 6) is 1.21. The monoisotopic (exact) mass is 443 g/mol. The summed E-state index contributed by atoms with van der Waals surface area (Å²) in [6.07, 6.45) is 3.47. The summed E-state index contributed by atoms with van der Waals surface area (Å²) in [6, 6.07) is 22.2. The Hall–Kier alpha value is -3.45. The molecule has 1 N–H and O–H groups in total. The van der Waals surface area contributed by atoms with Crippen molar-refractivity contribution in [2.24, 2.45) is 0 Å². The molecule has 2 aromatic carbocycles. The van der Waals surface area contributed by atoms with Crippen LogP contribution in [0.1, 0.15) is 24.0 Å². The summed E-state index contributed by atoms with van der Waals surface area (Å²) in [5.41, 5.74) is 4.25. The number of hydrogen-bond acceptors (Lipinski definition) is 5. The van der Waals surface area contributed by atoms with Gasteiger partial charge in [-0.3, -0.25) is 14.3 Å². The lowest BCUT2D eigenvalue weighted by molar-refractivity contribution is -0.118. The first-order chi connectivity index (χ1) is 15.6. The predicted octanol–water partition coefficient (Wildman–Crippen LogP) is 4.65. The minimum Gasteiger partial charge on any atom is -0.355 e. The molecule has 0 radical (unpaired) electrons. The zero-order valence-corrected chi connectivity index (χ0v) is 18.9. The zero-order valence-electron chi connectivity index (χ0n) is 18.1. The van der Waals surface area contributed by atoms with Gasteiger partial charge in [-0.15, -0.1) is 10.2 Å². The molecule has 32 heavy (non-hydrogen) atoms. The molecule has 4 aromatic rings. The highest BCUT2D eigenvalue weighted by Crippen LogP contribution is 2.27. The summed E-state index contributed by atoms with van der Waals surface area (Å²) in [7, 11) is 0. The van der Waals surface area contributed by atoms with Gasteiger partial charge in [0.2, 0.25) is 5.91 Å². The van der Waals surface area contributed by atoms with Crippen molar-refractivity contribution in [1.82, 2.24) is 25.1 Å². The highest BCUT2D eigenvalue weighted by molar-refractivity contribution is 7.99. The molecule has 0 aliphatic carbocycles. The second-order valence-corrected chi connectivity index (χ2v) is 8.56. The molecule has 0 unspecified atom stereocenters. The second kappa shape index (κ2) is 10.2. The van der Waals surface area contributed by atoms with Gasteiger partial charge in [-0.05, 0) is 42.7 Å². The van der Waals surface area contributed by atoms with Crippen molar-refractivity contribution in [3.8, 4) is 17.1 Å². The Bertz CT molecular complexity index is 1160. The van der Waals surface area contributed by atoms with Gasteiger partial charge in [0.25, 0.3) is 0 Å². The number of pyridine rings is 1. The molecule has 6 nitrogen and oxygen atoms in total. The molecule has 4 rings (SSSR count). The molecule has 0 spiro atoms. The van der Waals surface area contributed by atoms with Crippen molar-refractivity contribution < 1.29 is 4.79 Å². The predicted molar refractivity (Wildman–Crippen MR) is 128 cm³/mol. The van der Waals surface area contributed by atoms with Crippen LogP contribution in [0.25, 0.3) is 17.1 Å². The molecule has 0 fully saturated rings. The second-order valence-electron chi connectivity index (χ2n) is 7.62. The Labute approximate surface area is 192 Å². The Morgan fingerprint density at radius 2 is 1.72 bits per heavy atom. The maximum absolute atomic E-state index is 12.5. The Kier molecular flexibility index (Phi) is 6.97. The normalized spacial score (nSPS) is 11.8. The molecule has 7 heteroatoms. The number of thioether (sulfide) groups is 1. The van der Waals surface area contributed by atoms with Crippen LogP contribution in [0.2, 0.25) is 0 Å². The number of amides is 1. The van der Waals surface area contributed by atoms with Crippen LogP contribution < -0.4 is 5.32 Å². The average molecular weight is 444 g/mol. The van der Waals surface area contributed by atoms with E-state index in [-0.39, 0.29) is 17.6 Å². The number of nitrogens with zero attached hydrogens (tertiary/aromatic N) is 4. The van der Waals surface area contributed by atoms with Crippen LogP contribution in [-0.2, 0) is 4.79 Å². The molecule has 1 amide bonds. The summed E-state index contributed by atoms with van der Waals surface area (Å²) in [5, 5.41) is 12.5. The van der Waals surface area contributed by atoms with E-state index in [2.05, 4.69) is 58.6 Å². The molecule has 2 aromatic heterocycles. The van der Waals surface area contributed by atoms with Gasteiger partial charge < -0.3 is 5.32 Å². The van der Waals surface area contributed by atoms with Gasteiger partial charge >= 0.3 is 0 Å². The molecule has 162 valence electrons. The van der Waals surface area contributed by atoms with E-state index < -0.39 is 0 Å². The van der Waals surface area contributed by atoms with Gasteiger partial charge in [-0.25, -0.2) is 0 Å². The standard InChI is InChI=1S/C25H25N5OS/c1-18-8-10-22(11-9-18)30-24(21-12-14-26-15-13-21)28-29-25(30)32-17-23(31)27-16-19(2)20-6-4-3-5-7-20/h3-15,19H,16-17H2,1-2H3,(H,27,31)/t19-/m0/s1. The smallest absolute Gasteiger partial charge is 0.230 e. The number of carbonyl (C=O) groups is 1. The summed E-state index contributed by atoms with van der Waals surface area (Å²) >= 11 is 1.38. The number of aryl methyl sites for hydroxylation is 1. The zero-order chi connectivity index (χ0) is 22.3. The molecular formula is C25H25N5OS. The van der Waals surface area contributed by atoms with Crippen LogP contribution >= 0.6 is 11.8 Å².